The molecule has 0 aromatic carbocycles. The normalized spacial score (nSPS) is 8.25. The van der Waals surface area contributed by atoms with Crippen molar-refractivity contribution in [2.45, 2.75) is 0 Å². The van der Waals surface area contributed by atoms with Gasteiger partial charge in [0.2, 0.25) is 0 Å². The summed E-state index contributed by atoms with van der Waals surface area (Å²) in [7, 11) is -2.36. The number of carbonyl (C=O) groups is 1. The van der Waals surface area contributed by atoms with Crippen molar-refractivity contribution < 1.29 is 22.5 Å². The van der Waals surface area contributed by atoms with Crippen LogP contribution in [0.3, 0.4) is 0 Å². The molecule has 0 fully saturated rings. The van der Waals surface area contributed by atoms with Crippen LogP contribution in [0.15, 0.2) is 12.7 Å². The molecule has 0 aliphatic carbocycles. The topological polar surface area (TPSA) is 80.7 Å². The third kappa shape index (κ3) is 49.6. The summed E-state index contributed by atoms with van der Waals surface area (Å²) in [6.07, 6.45) is 1.83. The Balaban J connectivity index is -0.000000126. The van der Waals surface area contributed by atoms with Gasteiger partial charge in [0, 0.05) is 6.08 Å². The predicted molar refractivity (Wildman–Crippen MR) is 46.8 cm³/mol. The fourth-order valence-corrected chi connectivity index (χ4v) is 0.0833. The number of esters is 1. The Kier molecular flexibility index (Phi) is 13.8. The van der Waals surface area contributed by atoms with Crippen molar-refractivity contribution in [1.29, 1.82) is 0 Å². The third-order valence-electron chi connectivity index (χ3n) is 0.368. The van der Waals surface area contributed by atoms with E-state index in [1.54, 1.807) is 0 Å². The van der Waals surface area contributed by atoms with Crippen molar-refractivity contribution in [2.24, 2.45) is 0 Å². The molecule has 0 aromatic rings. The maximum absolute atomic E-state index is 9.84. The second kappa shape index (κ2) is 9.21. The second-order valence-corrected chi connectivity index (χ2v) is 2.93. The fourth-order valence-electron chi connectivity index (χ4n) is 0.0833. The van der Waals surface area contributed by atoms with Crippen LogP contribution in [-0.2, 0) is 19.6 Å². The molecular formula is C5H11NaO5S. The summed E-state index contributed by atoms with van der Waals surface area (Å²) in [5.41, 5.74) is 0. The Morgan fingerprint density at radius 3 is 1.83 bits per heavy atom. The zero-order valence-corrected chi connectivity index (χ0v) is 7.09. The molecule has 0 atom stereocenters. The summed E-state index contributed by atoms with van der Waals surface area (Å²) in [5.74, 6) is -0.394. The van der Waals surface area contributed by atoms with Crippen LogP contribution in [0.2, 0.25) is 0 Å². The van der Waals surface area contributed by atoms with Gasteiger partial charge in [-0.3, -0.25) is 4.55 Å². The van der Waals surface area contributed by atoms with E-state index in [0.717, 1.165) is 6.08 Å². The van der Waals surface area contributed by atoms with Crippen LogP contribution in [-0.4, -0.2) is 61.9 Å². The molecule has 5 nitrogen and oxygen atoms in total. The van der Waals surface area contributed by atoms with Crippen molar-refractivity contribution in [2.75, 3.05) is 13.4 Å². The van der Waals surface area contributed by atoms with Crippen molar-refractivity contribution >= 4 is 45.6 Å². The molecule has 0 unspecified atom stereocenters. The zero-order valence-electron chi connectivity index (χ0n) is 6.27. The van der Waals surface area contributed by atoms with E-state index in [1.165, 1.54) is 7.11 Å². The number of ether oxygens (including phenoxy) is 1. The molecule has 0 rings (SSSR count). The Morgan fingerprint density at radius 2 is 1.83 bits per heavy atom. The molecule has 0 aliphatic rings. The molecule has 12 heavy (non-hydrogen) atoms. The molecule has 0 saturated heterocycles. The Bertz CT molecular complexity index is 212. The molecule has 0 saturated carbocycles. The number of hydrogen-bond acceptors (Lipinski definition) is 4. The Labute approximate surface area is 93.8 Å². The molecule has 1 N–H and O–H groups in total. The van der Waals surface area contributed by atoms with Gasteiger partial charge in [-0.2, -0.15) is 8.42 Å². The number of methoxy groups -OCH3 is 1. The standard InChI is InChI=1S/C4H6O2.CH4O3S.Na.H/c1-3-4(5)6-2;1-5(2,3)4;;/h3H,1H2,2H3;1H3,(H,2,3,4);;. The second-order valence-electron chi connectivity index (χ2n) is 1.46. The average Bonchev–Trinajstić information content (AvgIpc) is 1.83. The van der Waals surface area contributed by atoms with Gasteiger partial charge in [-0.15, -0.1) is 0 Å². The van der Waals surface area contributed by atoms with Crippen LogP contribution in [0.25, 0.3) is 0 Å². The van der Waals surface area contributed by atoms with E-state index < -0.39 is 16.1 Å². The van der Waals surface area contributed by atoms with E-state index in [1.807, 2.05) is 0 Å². The summed E-state index contributed by atoms with van der Waals surface area (Å²) in [6.45, 7) is 3.16. The summed E-state index contributed by atoms with van der Waals surface area (Å²) in [5, 5.41) is 0. The van der Waals surface area contributed by atoms with E-state index in [9.17, 15) is 13.2 Å². The van der Waals surface area contributed by atoms with Gasteiger partial charge in [-0.05, 0) is 0 Å². The Hall–Kier alpha value is 0.120. The molecule has 0 spiro atoms. The first-order chi connectivity index (χ1) is 4.81. The third-order valence-corrected chi connectivity index (χ3v) is 0.368. The van der Waals surface area contributed by atoms with Crippen LogP contribution in [0.5, 0.6) is 0 Å². The molecule has 7 heteroatoms. The first kappa shape index (κ1) is 18.0. The summed E-state index contributed by atoms with van der Waals surface area (Å²) in [4.78, 5) is 9.84. The predicted octanol–water partition coefficient (Wildman–Crippen LogP) is -0.799. The van der Waals surface area contributed by atoms with Gasteiger partial charge in [0.15, 0.2) is 0 Å². The quantitative estimate of drug-likeness (QED) is 0.263. The van der Waals surface area contributed by atoms with E-state index in [4.69, 9.17) is 4.55 Å². The van der Waals surface area contributed by atoms with Crippen molar-refractivity contribution in [3.8, 4) is 0 Å². The number of carbonyl (C=O) groups excluding carboxylic acids is 1. The fraction of sp³-hybridized carbons (Fsp3) is 0.400. The van der Waals surface area contributed by atoms with Crippen LogP contribution in [0, 0.1) is 0 Å². The maximum atomic E-state index is 9.84. The summed E-state index contributed by atoms with van der Waals surface area (Å²) >= 11 is 0. The first-order valence-corrected chi connectivity index (χ1v) is 4.29. The van der Waals surface area contributed by atoms with Crippen LogP contribution < -0.4 is 0 Å². The van der Waals surface area contributed by atoms with Gasteiger partial charge < -0.3 is 4.74 Å². The molecule has 0 aromatic heterocycles. The van der Waals surface area contributed by atoms with E-state index in [-0.39, 0.29) is 29.6 Å². The van der Waals surface area contributed by atoms with Gasteiger partial charge in [0.05, 0.1) is 13.4 Å². The SMILES string of the molecule is C=CC(=O)OC.CS(=O)(=O)O.[NaH]. The van der Waals surface area contributed by atoms with Gasteiger partial charge in [-0.1, -0.05) is 6.58 Å². The van der Waals surface area contributed by atoms with Gasteiger partial charge in [0.1, 0.15) is 0 Å². The summed E-state index contributed by atoms with van der Waals surface area (Å²) < 4.78 is 30.0. The van der Waals surface area contributed by atoms with Gasteiger partial charge in [-0.25, -0.2) is 4.79 Å². The zero-order chi connectivity index (χ0) is 9.49. The molecule has 0 radical (unpaired) electrons. The molecule has 0 aliphatic heterocycles. The van der Waals surface area contributed by atoms with E-state index in [2.05, 4.69) is 11.3 Å². The van der Waals surface area contributed by atoms with E-state index in [0.29, 0.717) is 6.26 Å². The molecule has 0 heterocycles. The van der Waals surface area contributed by atoms with Crippen LogP contribution >= 0.6 is 0 Å². The average molecular weight is 206 g/mol. The monoisotopic (exact) mass is 206 g/mol. The molecule has 0 bridgehead atoms. The van der Waals surface area contributed by atoms with Crippen LogP contribution in [0.1, 0.15) is 0 Å². The van der Waals surface area contributed by atoms with Gasteiger partial charge >= 0.3 is 35.5 Å². The number of rotatable bonds is 1. The molecular weight excluding hydrogens is 195 g/mol. The Morgan fingerprint density at radius 1 is 1.58 bits per heavy atom. The number of hydrogen-bond donors (Lipinski definition) is 1. The van der Waals surface area contributed by atoms with Crippen molar-refractivity contribution in [1.82, 2.24) is 0 Å². The van der Waals surface area contributed by atoms with E-state index >= 15 is 0 Å². The molecule has 0 amide bonds. The summed E-state index contributed by atoms with van der Waals surface area (Å²) in [6, 6.07) is 0. The van der Waals surface area contributed by atoms with Gasteiger partial charge in [0.25, 0.3) is 10.1 Å². The minimum absolute atomic E-state index is 0. The van der Waals surface area contributed by atoms with Crippen molar-refractivity contribution in [3.63, 3.8) is 0 Å². The molecule has 68 valence electrons. The first-order valence-electron chi connectivity index (χ1n) is 2.44. The van der Waals surface area contributed by atoms with Crippen LogP contribution in [0.4, 0.5) is 0 Å². The van der Waals surface area contributed by atoms with Crippen molar-refractivity contribution in [3.05, 3.63) is 12.7 Å². The minimum atomic E-state index is -3.67.